The Hall–Kier alpha value is -1.98. The predicted octanol–water partition coefficient (Wildman–Crippen LogP) is 3.73. The molecule has 3 N–H and O–H groups in total. The van der Waals surface area contributed by atoms with Crippen LogP contribution in [0.2, 0.25) is 10.0 Å². The third-order valence-electron chi connectivity index (χ3n) is 2.53. The highest BCUT2D eigenvalue weighted by atomic mass is 35.5. The predicted molar refractivity (Wildman–Crippen MR) is 81.4 cm³/mol. The standard InChI is InChI=1S/C14H11Cl2FN2O2/c15-9-5-4-8(18)6-12(9)19-13(20)7-21-14-10(16)2-1-3-11(14)17/h1-6H,7,18H2,(H,19,20). The number of ether oxygens (including phenoxy) is 1. The molecule has 7 heteroatoms. The maximum Gasteiger partial charge on any atom is 0.262 e. The summed E-state index contributed by atoms with van der Waals surface area (Å²) < 4.78 is 18.5. The number of amides is 1. The molecule has 110 valence electrons. The maximum absolute atomic E-state index is 13.5. The van der Waals surface area contributed by atoms with E-state index >= 15 is 0 Å². The highest BCUT2D eigenvalue weighted by Crippen LogP contribution is 2.27. The summed E-state index contributed by atoms with van der Waals surface area (Å²) in [6.45, 7) is -0.411. The van der Waals surface area contributed by atoms with Crippen molar-refractivity contribution in [3.63, 3.8) is 0 Å². The quantitative estimate of drug-likeness (QED) is 0.840. The first kappa shape index (κ1) is 15.4. The number of nitrogens with one attached hydrogen (secondary N) is 1. The molecule has 0 aromatic heterocycles. The van der Waals surface area contributed by atoms with Gasteiger partial charge < -0.3 is 15.8 Å². The molecule has 0 saturated carbocycles. The molecular weight excluding hydrogens is 318 g/mol. The lowest BCUT2D eigenvalue weighted by molar-refractivity contribution is -0.118. The van der Waals surface area contributed by atoms with Crippen molar-refractivity contribution in [2.24, 2.45) is 0 Å². The third kappa shape index (κ3) is 4.00. The molecule has 2 aromatic carbocycles. The lowest BCUT2D eigenvalue weighted by Gasteiger charge is -2.10. The molecule has 2 aromatic rings. The van der Waals surface area contributed by atoms with Gasteiger partial charge in [-0.05, 0) is 30.3 Å². The van der Waals surface area contributed by atoms with Gasteiger partial charge in [0.1, 0.15) is 0 Å². The van der Waals surface area contributed by atoms with Crippen molar-refractivity contribution in [3.8, 4) is 5.75 Å². The van der Waals surface area contributed by atoms with E-state index in [1.165, 1.54) is 24.3 Å². The summed E-state index contributed by atoms with van der Waals surface area (Å²) >= 11 is 11.7. The van der Waals surface area contributed by atoms with Gasteiger partial charge >= 0.3 is 0 Å². The summed E-state index contributed by atoms with van der Waals surface area (Å²) in [6.07, 6.45) is 0. The van der Waals surface area contributed by atoms with E-state index in [0.717, 1.165) is 0 Å². The second-order valence-corrected chi connectivity index (χ2v) is 4.94. The van der Waals surface area contributed by atoms with Gasteiger partial charge in [-0.15, -0.1) is 0 Å². The number of nitrogen functional groups attached to an aromatic ring is 1. The van der Waals surface area contributed by atoms with Gasteiger partial charge in [-0.25, -0.2) is 4.39 Å². The average Bonchev–Trinajstić information content (AvgIpc) is 2.42. The lowest BCUT2D eigenvalue weighted by Crippen LogP contribution is -2.20. The molecule has 0 unspecified atom stereocenters. The Morgan fingerprint density at radius 3 is 2.71 bits per heavy atom. The molecule has 0 heterocycles. The number of carbonyl (C=O) groups excluding carboxylic acids is 1. The Morgan fingerprint density at radius 2 is 2.00 bits per heavy atom. The van der Waals surface area contributed by atoms with E-state index < -0.39 is 18.3 Å². The van der Waals surface area contributed by atoms with Crippen LogP contribution in [0.1, 0.15) is 0 Å². The van der Waals surface area contributed by atoms with Gasteiger partial charge in [-0.2, -0.15) is 0 Å². The van der Waals surface area contributed by atoms with E-state index in [2.05, 4.69) is 5.32 Å². The fourth-order valence-corrected chi connectivity index (χ4v) is 1.97. The molecule has 0 atom stereocenters. The van der Waals surface area contributed by atoms with Crippen LogP contribution < -0.4 is 15.8 Å². The van der Waals surface area contributed by atoms with Crippen LogP contribution >= 0.6 is 23.2 Å². The topological polar surface area (TPSA) is 64.3 Å². The number of anilines is 2. The summed E-state index contributed by atoms with van der Waals surface area (Å²) in [6, 6.07) is 8.77. The van der Waals surface area contributed by atoms with Gasteiger partial charge in [0.05, 0.1) is 15.7 Å². The van der Waals surface area contributed by atoms with Crippen molar-refractivity contribution in [2.45, 2.75) is 0 Å². The number of hydrogen-bond donors (Lipinski definition) is 2. The van der Waals surface area contributed by atoms with Crippen LogP contribution in [-0.2, 0) is 4.79 Å². The minimum atomic E-state index is -0.641. The number of nitrogens with two attached hydrogens (primary N) is 1. The van der Waals surface area contributed by atoms with Gasteiger partial charge in [0.2, 0.25) is 0 Å². The number of rotatable bonds is 4. The first-order valence-corrected chi connectivity index (χ1v) is 6.64. The average molecular weight is 329 g/mol. The van der Waals surface area contributed by atoms with E-state index in [4.69, 9.17) is 33.7 Å². The zero-order chi connectivity index (χ0) is 15.4. The Bertz CT molecular complexity index is 660. The van der Waals surface area contributed by atoms with Gasteiger partial charge in [0, 0.05) is 5.69 Å². The summed E-state index contributed by atoms with van der Waals surface area (Å²) in [5.41, 5.74) is 6.40. The Kier molecular flexibility index (Phi) is 4.88. The zero-order valence-corrected chi connectivity index (χ0v) is 12.2. The van der Waals surface area contributed by atoms with Crippen LogP contribution in [0, 0.1) is 5.82 Å². The lowest BCUT2D eigenvalue weighted by atomic mass is 10.3. The molecule has 0 spiro atoms. The van der Waals surface area contributed by atoms with Crippen molar-refractivity contribution < 1.29 is 13.9 Å². The first-order chi connectivity index (χ1) is 9.97. The van der Waals surface area contributed by atoms with Crippen LogP contribution in [0.15, 0.2) is 36.4 Å². The van der Waals surface area contributed by atoms with Crippen LogP contribution in [0.5, 0.6) is 5.75 Å². The molecule has 0 aliphatic rings. The molecule has 4 nitrogen and oxygen atoms in total. The number of para-hydroxylation sites is 1. The second kappa shape index (κ2) is 6.65. The molecule has 2 rings (SSSR count). The Morgan fingerprint density at radius 1 is 1.24 bits per heavy atom. The summed E-state index contributed by atoms with van der Waals surface area (Å²) in [5, 5.41) is 2.94. The number of carbonyl (C=O) groups is 1. The van der Waals surface area contributed by atoms with Gasteiger partial charge in [0.25, 0.3) is 5.91 Å². The molecule has 0 aliphatic carbocycles. The SMILES string of the molecule is Nc1ccc(Cl)c(NC(=O)COc2c(F)cccc2Cl)c1. The smallest absolute Gasteiger partial charge is 0.262 e. The van der Waals surface area contributed by atoms with Crippen LogP contribution in [0.4, 0.5) is 15.8 Å². The second-order valence-electron chi connectivity index (χ2n) is 4.13. The van der Waals surface area contributed by atoms with Gasteiger partial charge in [0.15, 0.2) is 18.2 Å². The monoisotopic (exact) mass is 328 g/mol. The highest BCUT2D eigenvalue weighted by Gasteiger charge is 2.12. The van der Waals surface area contributed by atoms with E-state index in [1.54, 1.807) is 12.1 Å². The first-order valence-electron chi connectivity index (χ1n) is 5.89. The van der Waals surface area contributed by atoms with Gasteiger partial charge in [-0.1, -0.05) is 29.3 Å². The summed E-state index contributed by atoms with van der Waals surface area (Å²) in [7, 11) is 0. The highest BCUT2D eigenvalue weighted by molar-refractivity contribution is 6.34. The van der Waals surface area contributed by atoms with Crippen molar-refractivity contribution in [1.29, 1.82) is 0 Å². The zero-order valence-electron chi connectivity index (χ0n) is 10.7. The molecule has 21 heavy (non-hydrogen) atoms. The van der Waals surface area contributed by atoms with Crippen LogP contribution in [-0.4, -0.2) is 12.5 Å². The number of hydrogen-bond acceptors (Lipinski definition) is 3. The van der Waals surface area contributed by atoms with Crippen LogP contribution in [0.3, 0.4) is 0 Å². The number of benzene rings is 2. The van der Waals surface area contributed by atoms with Crippen LogP contribution in [0.25, 0.3) is 0 Å². The normalized spacial score (nSPS) is 10.2. The minimum absolute atomic E-state index is 0.0878. The molecule has 0 bridgehead atoms. The van der Waals surface area contributed by atoms with Crippen molar-refractivity contribution >= 4 is 40.5 Å². The molecule has 0 radical (unpaired) electrons. The molecule has 1 amide bonds. The molecular formula is C14H11Cl2FN2O2. The fraction of sp³-hybridized carbons (Fsp3) is 0.0714. The maximum atomic E-state index is 13.5. The molecule has 0 aliphatic heterocycles. The molecule has 0 fully saturated rings. The van der Waals surface area contributed by atoms with Gasteiger partial charge in [-0.3, -0.25) is 4.79 Å². The van der Waals surface area contributed by atoms with Crippen molar-refractivity contribution in [1.82, 2.24) is 0 Å². The largest absolute Gasteiger partial charge is 0.479 e. The fourth-order valence-electron chi connectivity index (χ4n) is 1.58. The Labute approximate surface area is 130 Å². The summed E-state index contributed by atoms with van der Waals surface area (Å²) in [5.74, 6) is -1.33. The number of halogens is 3. The van der Waals surface area contributed by atoms with E-state index in [-0.39, 0.29) is 10.8 Å². The molecule has 0 saturated heterocycles. The Balaban J connectivity index is 2.01. The third-order valence-corrected chi connectivity index (χ3v) is 3.16. The van der Waals surface area contributed by atoms with E-state index in [0.29, 0.717) is 16.4 Å². The van der Waals surface area contributed by atoms with E-state index in [9.17, 15) is 9.18 Å². The van der Waals surface area contributed by atoms with Crippen molar-refractivity contribution in [2.75, 3.05) is 17.7 Å². The van der Waals surface area contributed by atoms with Crippen molar-refractivity contribution in [3.05, 3.63) is 52.3 Å². The van der Waals surface area contributed by atoms with E-state index in [1.807, 2.05) is 0 Å². The summed E-state index contributed by atoms with van der Waals surface area (Å²) in [4.78, 5) is 11.8. The minimum Gasteiger partial charge on any atom is -0.479 e.